The summed E-state index contributed by atoms with van der Waals surface area (Å²) >= 11 is 0. The predicted molar refractivity (Wildman–Crippen MR) is 175 cm³/mol. The molecule has 41 heavy (non-hydrogen) atoms. The van der Waals surface area contributed by atoms with Gasteiger partial charge in [-0.05, 0) is 162 Å². The number of nitrogens with one attached hydrogen (secondary N) is 3. The maximum absolute atomic E-state index is 11.8. The van der Waals surface area contributed by atoms with E-state index in [1.807, 2.05) is 0 Å². The molecule has 4 fully saturated rings. The van der Waals surface area contributed by atoms with Crippen LogP contribution >= 0.6 is 0 Å². The maximum atomic E-state index is 11.8. The average Bonchev–Trinajstić information content (AvgIpc) is 3.29. The summed E-state index contributed by atoms with van der Waals surface area (Å²) in [4.78, 5) is 0. The summed E-state index contributed by atoms with van der Waals surface area (Å²) in [5, 5.41) is 22.8. The molecule has 6 N–H and O–H groups in total. The number of aliphatic hydroxyl groups is 1. The Morgan fingerprint density at radius 2 is 1.41 bits per heavy atom. The largest absolute Gasteiger partial charge is 0.393 e. The van der Waals surface area contributed by atoms with E-state index in [0.29, 0.717) is 28.7 Å². The fraction of sp³-hybridized carbons (Fsp3) is 1.00. The molecule has 0 radical (unpaired) electrons. The number of hydrogen-bond acceptors (Lipinski definition) is 5. The van der Waals surface area contributed by atoms with Crippen molar-refractivity contribution >= 4 is 0 Å². The highest BCUT2D eigenvalue weighted by Crippen LogP contribution is 2.68. The van der Waals surface area contributed by atoms with Crippen LogP contribution in [0.25, 0.3) is 0 Å². The Labute approximate surface area is 254 Å². The zero-order chi connectivity index (χ0) is 29.5. The van der Waals surface area contributed by atoms with Crippen molar-refractivity contribution in [2.24, 2.45) is 58.0 Å². The van der Waals surface area contributed by atoms with Crippen LogP contribution < -0.4 is 21.7 Å². The molecule has 0 aromatic carbocycles. The zero-order valence-electron chi connectivity index (χ0n) is 27.9. The fourth-order valence-electron chi connectivity index (χ4n) is 10.8. The summed E-state index contributed by atoms with van der Waals surface area (Å²) in [5.41, 5.74) is 6.43. The monoisotopic (exact) mass is 575 g/mol. The van der Waals surface area contributed by atoms with Gasteiger partial charge in [0.15, 0.2) is 0 Å². The molecule has 5 nitrogen and oxygen atoms in total. The second-order valence-corrected chi connectivity index (χ2v) is 16.1. The lowest BCUT2D eigenvalue weighted by molar-refractivity contribution is -0.167. The summed E-state index contributed by atoms with van der Waals surface area (Å²) in [5.74, 6) is 5.25. The average molecular weight is 575 g/mol. The van der Waals surface area contributed by atoms with Crippen molar-refractivity contribution in [2.45, 2.75) is 137 Å². The van der Waals surface area contributed by atoms with E-state index in [2.05, 4.69) is 50.6 Å². The van der Waals surface area contributed by atoms with Crippen LogP contribution in [0.1, 0.15) is 125 Å². The van der Waals surface area contributed by atoms with Gasteiger partial charge in [0.25, 0.3) is 0 Å². The molecule has 0 aromatic heterocycles. The molecule has 0 aromatic rings. The maximum Gasteiger partial charge on any atom is 0.0577 e. The van der Waals surface area contributed by atoms with Crippen LogP contribution in [0, 0.1) is 52.3 Å². The predicted octanol–water partition coefficient (Wildman–Crippen LogP) is 6.34. The number of fused-ring (bicyclic) bond motifs is 5. The van der Waals surface area contributed by atoms with Gasteiger partial charge in [0.05, 0.1) is 6.10 Å². The highest BCUT2D eigenvalue weighted by Gasteiger charge is 2.62. The fourth-order valence-corrected chi connectivity index (χ4v) is 10.8. The zero-order valence-corrected chi connectivity index (χ0v) is 27.9. The molecule has 4 aliphatic carbocycles. The molecular weight excluding hydrogens is 504 g/mol. The van der Waals surface area contributed by atoms with E-state index in [1.54, 1.807) is 0 Å². The van der Waals surface area contributed by atoms with Gasteiger partial charge < -0.3 is 26.8 Å². The summed E-state index contributed by atoms with van der Waals surface area (Å²) in [6, 6.07) is 0.639. The topological polar surface area (TPSA) is 82.3 Å². The smallest absolute Gasteiger partial charge is 0.0577 e. The van der Waals surface area contributed by atoms with Crippen molar-refractivity contribution in [1.82, 2.24) is 16.0 Å². The van der Waals surface area contributed by atoms with Crippen molar-refractivity contribution in [1.29, 1.82) is 0 Å². The van der Waals surface area contributed by atoms with Gasteiger partial charge in [-0.25, -0.2) is 0 Å². The first-order valence-electron chi connectivity index (χ1n) is 18.2. The SMILES string of the molecule is CC(C)CCC[C@@H](C)[C@H]1CCC2C3C(CC[C@@]21C)[C@@]1(C)CC[C@H](NCCCNCCCNCCCN)C[C@H]1C[C@H]3O. The minimum absolute atomic E-state index is 0.0783. The normalized spacial score (nSPS) is 39.4. The molecule has 0 bridgehead atoms. The molecule has 4 aliphatic rings. The van der Waals surface area contributed by atoms with Crippen LogP contribution in [0.2, 0.25) is 0 Å². The van der Waals surface area contributed by atoms with Gasteiger partial charge in [-0.2, -0.15) is 0 Å². The first-order valence-corrected chi connectivity index (χ1v) is 18.2. The molecule has 5 heteroatoms. The van der Waals surface area contributed by atoms with Crippen LogP contribution in [0.15, 0.2) is 0 Å². The van der Waals surface area contributed by atoms with E-state index in [1.165, 1.54) is 77.0 Å². The second kappa shape index (κ2) is 15.7. The van der Waals surface area contributed by atoms with Crippen molar-refractivity contribution in [2.75, 3.05) is 39.3 Å². The molecule has 0 saturated heterocycles. The molecule has 0 amide bonds. The van der Waals surface area contributed by atoms with Crippen molar-refractivity contribution in [3.63, 3.8) is 0 Å². The molecule has 4 saturated carbocycles. The Kier molecular flexibility index (Phi) is 12.9. The summed E-state index contributed by atoms with van der Waals surface area (Å²) in [6.07, 6.45) is 18.1. The molecule has 0 spiro atoms. The highest BCUT2D eigenvalue weighted by atomic mass is 16.3. The van der Waals surface area contributed by atoms with E-state index in [0.717, 1.165) is 81.7 Å². The van der Waals surface area contributed by atoms with E-state index >= 15 is 0 Å². The van der Waals surface area contributed by atoms with Crippen molar-refractivity contribution in [3.8, 4) is 0 Å². The first kappa shape index (κ1) is 33.7. The van der Waals surface area contributed by atoms with Gasteiger partial charge in [0.1, 0.15) is 0 Å². The lowest BCUT2D eigenvalue weighted by Gasteiger charge is -2.62. The third-order valence-electron chi connectivity index (χ3n) is 13.1. The molecule has 240 valence electrons. The molecule has 4 rings (SSSR count). The van der Waals surface area contributed by atoms with Gasteiger partial charge >= 0.3 is 0 Å². The molecule has 0 heterocycles. The van der Waals surface area contributed by atoms with E-state index in [9.17, 15) is 5.11 Å². The minimum atomic E-state index is -0.0783. The highest BCUT2D eigenvalue weighted by molar-refractivity contribution is 5.12. The van der Waals surface area contributed by atoms with Gasteiger partial charge in [-0.15, -0.1) is 0 Å². The number of aliphatic hydroxyl groups excluding tert-OH is 1. The minimum Gasteiger partial charge on any atom is -0.393 e. The van der Waals surface area contributed by atoms with Gasteiger partial charge in [-0.3, -0.25) is 0 Å². The lowest BCUT2D eigenvalue weighted by Crippen LogP contribution is -2.59. The van der Waals surface area contributed by atoms with Crippen molar-refractivity contribution < 1.29 is 5.11 Å². The van der Waals surface area contributed by atoms with E-state index < -0.39 is 0 Å². The van der Waals surface area contributed by atoms with E-state index in [4.69, 9.17) is 5.73 Å². The van der Waals surface area contributed by atoms with Crippen LogP contribution in [-0.2, 0) is 0 Å². The first-order chi connectivity index (χ1) is 19.7. The third kappa shape index (κ3) is 8.10. The molecule has 10 atom stereocenters. The van der Waals surface area contributed by atoms with Crippen LogP contribution in [-0.4, -0.2) is 56.5 Å². The van der Waals surface area contributed by atoms with Crippen molar-refractivity contribution in [3.05, 3.63) is 0 Å². The Morgan fingerprint density at radius 1 is 0.756 bits per heavy atom. The Bertz CT molecular complexity index is 762. The molecule has 3 unspecified atom stereocenters. The van der Waals surface area contributed by atoms with Crippen LogP contribution in [0.3, 0.4) is 0 Å². The number of rotatable bonds is 17. The summed E-state index contributed by atoms with van der Waals surface area (Å²) in [7, 11) is 0. The van der Waals surface area contributed by atoms with Crippen LogP contribution in [0.4, 0.5) is 0 Å². The summed E-state index contributed by atoms with van der Waals surface area (Å²) < 4.78 is 0. The second-order valence-electron chi connectivity index (χ2n) is 16.1. The summed E-state index contributed by atoms with van der Waals surface area (Å²) in [6.45, 7) is 18.8. The van der Waals surface area contributed by atoms with E-state index in [-0.39, 0.29) is 6.10 Å². The van der Waals surface area contributed by atoms with Gasteiger partial charge in [0.2, 0.25) is 0 Å². The van der Waals surface area contributed by atoms with Gasteiger partial charge in [0, 0.05) is 6.04 Å². The standard InChI is InChI=1S/C36H70N4O/c1-26(2)10-6-11-27(3)30-12-13-31-34-32(15-17-36(30,31)5)35(4)16-14-29(24-28(35)25-33(34)41)40-23-9-22-39-21-8-20-38-19-7-18-37/h26-34,38-41H,6-25,37H2,1-5H3/t27-,28+,29+,30-,31?,32?,33-,34?,35+,36-/m1/s1. The Hall–Kier alpha value is -0.200. The molecular formula is C36H70N4O. The molecule has 0 aliphatic heterocycles. The number of hydrogen-bond donors (Lipinski definition) is 5. The number of nitrogens with two attached hydrogens (primary N) is 1. The van der Waals surface area contributed by atoms with Gasteiger partial charge in [-0.1, -0.05) is 53.9 Å². The van der Waals surface area contributed by atoms with Crippen LogP contribution in [0.5, 0.6) is 0 Å². The Balaban J connectivity index is 1.22. The third-order valence-corrected chi connectivity index (χ3v) is 13.1. The lowest BCUT2D eigenvalue weighted by atomic mass is 9.43. The Morgan fingerprint density at radius 3 is 2.12 bits per heavy atom. The quantitative estimate of drug-likeness (QED) is 0.131.